The highest BCUT2D eigenvalue weighted by Crippen LogP contribution is 2.26. The number of para-hydroxylation sites is 2. The number of benzene rings is 1. The Morgan fingerprint density at radius 2 is 1.95 bits per heavy atom. The van der Waals surface area contributed by atoms with Crippen LogP contribution in [0.1, 0.15) is 6.92 Å². The first-order valence-electron chi connectivity index (χ1n) is 6.95. The van der Waals surface area contributed by atoms with E-state index in [0.29, 0.717) is 6.54 Å². The largest absolute Gasteiger partial charge is 0.481 e. The molecule has 1 heterocycles. The van der Waals surface area contributed by atoms with Crippen LogP contribution in [0.2, 0.25) is 0 Å². The van der Waals surface area contributed by atoms with Crippen LogP contribution in [-0.2, 0) is 4.79 Å². The quantitative estimate of drug-likeness (QED) is 0.892. The summed E-state index contributed by atoms with van der Waals surface area (Å²) in [6.45, 7) is 2.58. The van der Waals surface area contributed by atoms with E-state index in [1.165, 1.54) is 0 Å². The van der Waals surface area contributed by atoms with Gasteiger partial charge in [0.1, 0.15) is 0 Å². The maximum Gasteiger partial charge on any atom is 0.321 e. The van der Waals surface area contributed by atoms with E-state index < -0.39 is 11.9 Å². The van der Waals surface area contributed by atoms with Crippen molar-refractivity contribution in [2.75, 3.05) is 37.4 Å². The van der Waals surface area contributed by atoms with Crippen LogP contribution in [-0.4, -0.2) is 49.2 Å². The van der Waals surface area contributed by atoms with Gasteiger partial charge in [0.2, 0.25) is 0 Å². The molecule has 1 aromatic carbocycles. The first-order valence-corrected chi connectivity index (χ1v) is 6.95. The number of urea groups is 1. The summed E-state index contributed by atoms with van der Waals surface area (Å²) in [4.78, 5) is 26.9. The summed E-state index contributed by atoms with van der Waals surface area (Å²) in [6.07, 6.45) is 0. The number of hydrogen-bond donors (Lipinski definition) is 2. The smallest absolute Gasteiger partial charge is 0.321 e. The highest BCUT2D eigenvalue weighted by Gasteiger charge is 2.37. The minimum absolute atomic E-state index is 0.0302. The Morgan fingerprint density at radius 3 is 2.52 bits per heavy atom. The van der Waals surface area contributed by atoms with Crippen LogP contribution in [0.3, 0.4) is 0 Å². The van der Waals surface area contributed by atoms with Gasteiger partial charge in [0.25, 0.3) is 0 Å². The van der Waals surface area contributed by atoms with E-state index in [0.717, 1.165) is 11.4 Å². The SMILES string of the molecule is CC1CN(C(=O)Nc2ccccc2N(C)C)CC1C(=O)O. The van der Waals surface area contributed by atoms with Crippen molar-refractivity contribution in [1.29, 1.82) is 0 Å². The normalized spacial score (nSPS) is 21.2. The first kappa shape index (κ1) is 15.2. The molecule has 2 unspecified atom stereocenters. The molecule has 2 N–H and O–H groups in total. The lowest BCUT2D eigenvalue weighted by Crippen LogP contribution is -2.34. The zero-order chi connectivity index (χ0) is 15.6. The monoisotopic (exact) mass is 291 g/mol. The molecule has 6 heteroatoms. The van der Waals surface area contributed by atoms with Gasteiger partial charge in [-0.15, -0.1) is 0 Å². The Labute approximate surface area is 124 Å². The Balaban J connectivity index is 2.08. The second-order valence-electron chi connectivity index (χ2n) is 5.67. The standard InChI is InChI=1S/C15H21N3O3/c1-10-8-18(9-11(10)14(19)20)15(21)16-12-6-4-5-7-13(12)17(2)3/h4-7,10-11H,8-9H2,1-3H3,(H,16,21)(H,19,20). The average Bonchev–Trinajstić information content (AvgIpc) is 2.81. The van der Waals surface area contributed by atoms with Gasteiger partial charge < -0.3 is 20.2 Å². The molecule has 1 aliphatic rings. The Hall–Kier alpha value is -2.24. The molecule has 21 heavy (non-hydrogen) atoms. The molecule has 6 nitrogen and oxygen atoms in total. The minimum Gasteiger partial charge on any atom is -0.481 e. The zero-order valence-electron chi connectivity index (χ0n) is 12.5. The molecule has 2 amide bonds. The second kappa shape index (κ2) is 6.03. The first-order chi connectivity index (χ1) is 9.90. The van der Waals surface area contributed by atoms with Crippen LogP contribution in [0.4, 0.5) is 16.2 Å². The number of nitrogens with one attached hydrogen (secondary N) is 1. The number of anilines is 2. The Kier molecular flexibility index (Phi) is 4.35. The number of carboxylic acid groups (broad SMARTS) is 1. The Morgan fingerprint density at radius 1 is 1.29 bits per heavy atom. The summed E-state index contributed by atoms with van der Waals surface area (Å²) in [5.74, 6) is -1.36. The summed E-state index contributed by atoms with van der Waals surface area (Å²) in [5, 5.41) is 12.0. The molecular weight excluding hydrogens is 270 g/mol. The van der Waals surface area contributed by atoms with Gasteiger partial charge >= 0.3 is 12.0 Å². The van der Waals surface area contributed by atoms with Crippen LogP contribution in [0.25, 0.3) is 0 Å². The predicted molar refractivity (Wildman–Crippen MR) is 81.7 cm³/mol. The number of amides is 2. The van der Waals surface area contributed by atoms with Crippen molar-refractivity contribution in [1.82, 2.24) is 4.90 Å². The van der Waals surface area contributed by atoms with Gasteiger partial charge in [-0.1, -0.05) is 19.1 Å². The van der Waals surface area contributed by atoms with E-state index in [-0.39, 0.29) is 18.5 Å². The predicted octanol–water partition coefficient (Wildman–Crippen LogP) is 1.94. The molecule has 0 spiro atoms. The van der Waals surface area contributed by atoms with E-state index in [4.69, 9.17) is 5.11 Å². The highest BCUT2D eigenvalue weighted by molar-refractivity contribution is 5.93. The maximum atomic E-state index is 12.3. The summed E-state index contributed by atoms with van der Waals surface area (Å²) in [6, 6.07) is 7.27. The van der Waals surface area contributed by atoms with Crippen LogP contribution >= 0.6 is 0 Å². The van der Waals surface area contributed by atoms with Gasteiger partial charge in [-0.2, -0.15) is 0 Å². The zero-order valence-corrected chi connectivity index (χ0v) is 12.5. The third-order valence-electron chi connectivity index (χ3n) is 3.84. The van der Waals surface area contributed by atoms with Crippen LogP contribution in [0.5, 0.6) is 0 Å². The van der Waals surface area contributed by atoms with Crippen molar-refractivity contribution in [3.63, 3.8) is 0 Å². The van der Waals surface area contributed by atoms with E-state index in [1.807, 2.05) is 50.2 Å². The van der Waals surface area contributed by atoms with E-state index in [9.17, 15) is 9.59 Å². The molecule has 1 saturated heterocycles. The van der Waals surface area contributed by atoms with Crippen molar-refractivity contribution >= 4 is 23.4 Å². The third-order valence-corrected chi connectivity index (χ3v) is 3.84. The Bertz CT molecular complexity index is 545. The number of aliphatic carboxylic acids is 1. The molecule has 0 aromatic heterocycles. The van der Waals surface area contributed by atoms with Crippen molar-refractivity contribution in [2.45, 2.75) is 6.92 Å². The topological polar surface area (TPSA) is 72.9 Å². The lowest BCUT2D eigenvalue weighted by atomic mass is 9.99. The molecule has 1 fully saturated rings. The number of carbonyl (C=O) groups excluding carboxylic acids is 1. The third kappa shape index (κ3) is 3.26. The van der Waals surface area contributed by atoms with Gasteiger partial charge in [-0.05, 0) is 18.1 Å². The summed E-state index contributed by atoms with van der Waals surface area (Å²) in [7, 11) is 3.81. The number of carbonyl (C=O) groups is 2. The summed E-state index contributed by atoms with van der Waals surface area (Å²) >= 11 is 0. The molecular formula is C15H21N3O3. The van der Waals surface area contributed by atoms with E-state index >= 15 is 0 Å². The highest BCUT2D eigenvalue weighted by atomic mass is 16.4. The van der Waals surface area contributed by atoms with Crippen LogP contribution in [0.15, 0.2) is 24.3 Å². The lowest BCUT2D eigenvalue weighted by molar-refractivity contribution is -0.142. The number of hydrogen-bond acceptors (Lipinski definition) is 3. The number of likely N-dealkylation sites (tertiary alicyclic amines) is 1. The molecule has 1 aromatic rings. The fourth-order valence-electron chi connectivity index (χ4n) is 2.62. The summed E-state index contributed by atoms with van der Waals surface area (Å²) < 4.78 is 0. The fourth-order valence-corrected chi connectivity index (χ4v) is 2.62. The van der Waals surface area contributed by atoms with Crippen molar-refractivity contribution in [2.24, 2.45) is 11.8 Å². The van der Waals surface area contributed by atoms with Gasteiger partial charge in [0, 0.05) is 27.2 Å². The molecule has 0 saturated carbocycles. The molecule has 2 rings (SSSR count). The van der Waals surface area contributed by atoms with Crippen molar-refractivity contribution < 1.29 is 14.7 Å². The molecule has 1 aliphatic heterocycles. The van der Waals surface area contributed by atoms with E-state index in [2.05, 4.69) is 5.32 Å². The maximum absolute atomic E-state index is 12.3. The molecule has 2 atom stereocenters. The molecule has 0 aliphatic carbocycles. The second-order valence-corrected chi connectivity index (χ2v) is 5.67. The van der Waals surface area contributed by atoms with E-state index in [1.54, 1.807) is 4.90 Å². The van der Waals surface area contributed by atoms with Gasteiger partial charge in [-0.3, -0.25) is 4.79 Å². The van der Waals surface area contributed by atoms with Gasteiger partial charge in [-0.25, -0.2) is 4.79 Å². The fraction of sp³-hybridized carbons (Fsp3) is 0.467. The van der Waals surface area contributed by atoms with Crippen molar-refractivity contribution in [3.05, 3.63) is 24.3 Å². The van der Waals surface area contributed by atoms with Crippen LogP contribution in [0, 0.1) is 11.8 Å². The van der Waals surface area contributed by atoms with Crippen molar-refractivity contribution in [3.8, 4) is 0 Å². The molecule has 0 radical (unpaired) electrons. The number of nitrogens with zero attached hydrogens (tertiary/aromatic N) is 2. The average molecular weight is 291 g/mol. The lowest BCUT2D eigenvalue weighted by Gasteiger charge is -2.21. The van der Waals surface area contributed by atoms with Crippen LogP contribution < -0.4 is 10.2 Å². The molecule has 114 valence electrons. The number of rotatable bonds is 3. The summed E-state index contributed by atoms with van der Waals surface area (Å²) in [5.41, 5.74) is 1.63. The van der Waals surface area contributed by atoms with Gasteiger partial charge in [0.05, 0.1) is 17.3 Å². The van der Waals surface area contributed by atoms with Gasteiger partial charge in [0.15, 0.2) is 0 Å². The number of carboxylic acids is 1. The molecule has 0 bridgehead atoms. The minimum atomic E-state index is -0.841.